The van der Waals surface area contributed by atoms with Crippen LogP contribution in [0.2, 0.25) is 10.0 Å². The number of para-hydroxylation sites is 1. The summed E-state index contributed by atoms with van der Waals surface area (Å²) < 4.78 is 3.46. The van der Waals surface area contributed by atoms with Crippen LogP contribution < -0.4 is 11.1 Å². The fraction of sp³-hybridized carbons (Fsp3) is 0.333. The topological polar surface area (TPSA) is 69.8 Å². The molecule has 5 aromatic rings. The van der Waals surface area contributed by atoms with Crippen molar-refractivity contribution in [3.63, 3.8) is 0 Å². The van der Waals surface area contributed by atoms with Crippen LogP contribution in [0.25, 0.3) is 27.5 Å². The standard InChI is InChI=1S/C33H32Cl2N4O2/c1-32(2,3)30-37-23-16-15-19(27(35)26(23)29(41)38(30)18-11-8-7-9-12-18)20-17-24(20)39-28(40)25-21(34)13-10-14-22(25)36-31(39)33(4,5)6/h7-16,20,24H,17H2,1-6H3. The lowest BCUT2D eigenvalue weighted by atomic mass is 9.94. The van der Waals surface area contributed by atoms with E-state index >= 15 is 0 Å². The molecule has 41 heavy (non-hydrogen) atoms. The quantitative estimate of drug-likeness (QED) is 0.217. The van der Waals surface area contributed by atoms with Crippen molar-refractivity contribution < 1.29 is 0 Å². The van der Waals surface area contributed by atoms with E-state index in [2.05, 4.69) is 0 Å². The van der Waals surface area contributed by atoms with E-state index in [4.69, 9.17) is 33.2 Å². The lowest BCUT2D eigenvalue weighted by Crippen LogP contribution is -2.31. The molecule has 1 saturated carbocycles. The molecule has 2 heterocycles. The molecule has 6 nitrogen and oxygen atoms in total. The minimum atomic E-state index is -0.384. The highest BCUT2D eigenvalue weighted by atomic mass is 35.5. The van der Waals surface area contributed by atoms with Gasteiger partial charge in [-0.2, -0.15) is 0 Å². The molecule has 3 aromatic carbocycles. The highest BCUT2D eigenvalue weighted by Crippen LogP contribution is 2.54. The van der Waals surface area contributed by atoms with Crippen LogP contribution in [0, 0.1) is 0 Å². The molecule has 2 unspecified atom stereocenters. The fourth-order valence-electron chi connectivity index (χ4n) is 5.70. The lowest BCUT2D eigenvalue weighted by Gasteiger charge is -2.24. The fourth-order valence-corrected chi connectivity index (χ4v) is 6.33. The number of nitrogens with zero attached hydrogens (tertiary/aromatic N) is 4. The summed E-state index contributed by atoms with van der Waals surface area (Å²) in [5.74, 6) is 1.30. The van der Waals surface area contributed by atoms with Gasteiger partial charge in [-0.25, -0.2) is 9.97 Å². The molecule has 0 spiro atoms. The minimum Gasteiger partial charge on any atom is -0.292 e. The molecule has 1 fully saturated rings. The maximum Gasteiger partial charge on any atom is 0.267 e. The van der Waals surface area contributed by atoms with E-state index in [0.29, 0.717) is 49.9 Å². The first-order valence-corrected chi connectivity index (χ1v) is 14.6. The number of fused-ring (bicyclic) bond motifs is 2. The van der Waals surface area contributed by atoms with Gasteiger partial charge in [0.05, 0.1) is 37.5 Å². The molecule has 0 N–H and O–H groups in total. The van der Waals surface area contributed by atoms with Crippen molar-refractivity contribution >= 4 is 45.0 Å². The largest absolute Gasteiger partial charge is 0.292 e. The minimum absolute atomic E-state index is 0.0562. The third-order valence-electron chi connectivity index (χ3n) is 7.73. The van der Waals surface area contributed by atoms with E-state index in [1.807, 2.05) is 96.1 Å². The molecule has 2 aromatic heterocycles. The molecule has 1 aliphatic carbocycles. The monoisotopic (exact) mass is 586 g/mol. The van der Waals surface area contributed by atoms with Gasteiger partial charge in [-0.3, -0.25) is 18.7 Å². The number of aromatic nitrogens is 4. The van der Waals surface area contributed by atoms with Crippen molar-refractivity contribution in [2.45, 2.75) is 70.8 Å². The first-order chi connectivity index (χ1) is 19.3. The summed E-state index contributed by atoms with van der Waals surface area (Å²) in [6, 6.07) is 18.5. The third-order valence-corrected chi connectivity index (χ3v) is 8.45. The van der Waals surface area contributed by atoms with Crippen molar-refractivity contribution in [3.8, 4) is 5.69 Å². The van der Waals surface area contributed by atoms with E-state index in [1.54, 1.807) is 15.2 Å². The van der Waals surface area contributed by atoms with E-state index in [1.165, 1.54) is 0 Å². The summed E-state index contributed by atoms with van der Waals surface area (Å²) in [5, 5.41) is 1.57. The smallest absolute Gasteiger partial charge is 0.267 e. The van der Waals surface area contributed by atoms with Gasteiger partial charge in [0.1, 0.15) is 11.6 Å². The Morgan fingerprint density at radius 3 is 2.02 bits per heavy atom. The first kappa shape index (κ1) is 27.7. The number of hydrogen-bond acceptors (Lipinski definition) is 4. The molecule has 8 heteroatoms. The predicted molar refractivity (Wildman–Crippen MR) is 167 cm³/mol. The van der Waals surface area contributed by atoms with Crippen molar-refractivity contribution in [1.82, 2.24) is 19.1 Å². The Morgan fingerprint density at radius 2 is 1.37 bits per heavy atom. The van der Waals surface area contributed by atoms with Crippen LogP contribution in [0.5, 0.6) is 0 Å². The molecular formula is C33H32Cl2N4O2. The zero-order chi connectivity index (χ0) is 29.4. The summed E-state index contributed by atoms with van der Waals surface area (Å²) in [6.45, 7) is 12.3. The molecule has 1 aliphatic rings. The van der Waals surface area contributed by atoms with Gasteiger partial charge >= 0.3 is 0 Å². The second-order valence-corrected chi connectivity index (χ2v) is 13.7. The molecule has 6 rings (SSSR count). The van der Waals surface area contributed by atoms with Gasteiger partial charge in [-0.15, -0.1) is 0 Å². The van der Waals surface area contributed by atoms with Gasteiger partial charge < -0.3 is 0 Å². The van der Waals surface area contributed by atoms with Gasteiger partial charge in [-0.1, -0.05) is 95.1 Å². The van der Waals surface area contributed by atoms with Crippen LogP contribution in [0.4, 0.5) is 0 Å². The summed E-state index contributed by atoms with van der Waals surface area (Å²) in [7, 11) is 0. The Hall–Kier alpha value is -3.48. The molecule has 0 bridgehead atoms. The van der Waals surface area contributed by atoms with E-state index < -0.39 is 0 Å². The van der Waals surface area contributed by atoms with Crippen LogP contribution in [-0.2, 0) is 10.8 Å². The van der Waals surface area contributed by atoms with Crippen molar-refractivity contribution in [3.05, 3.63) is 109 Å². The summed E-state index contributed by atoms with van der Waals surface area (Å²) >= 11 is 13.6. The third kappa shape index (κ3) is 4.58. The SMILES string of the molecule is CC(C)(C)c1nc2ccc(C3CC3n3c(C(C)(C)C)nc4cccc(Cl)c4c3=O)c(Cl)c2c(=O)n1-c1ccccc1. The summed E-state index contributed by atoms with van der Waals surface area (Å²) in [5.41, 5.74) is 1.59. The second-order valence-electron chi connectivity index (χ2n) is 12.9. The Labute approximate surface area is 248 Å². The van der Waals surface area contributed by atoms with Crippen LogP contribution in [0.1, 0.15) is 77.1 Å². The highest BCUT2D eigenvalue weighted by Gasteiger charge is 2.45. The lowest BCUT2D eigenvalue weighted by molar-refractivity contribution is 0.482. The Balaban J connectivity index is 1.54. The molecule has 210 valence electrons. The molecule has 0 radical (unpaired) electrons. The zero-order valence-corrected chi connectivity index (χ0v) is 25.5. The van der Waals surface area contributed by atoms with Crippen molar-refractivity contribution in [2.75, 3.05) is 0 Å². The van der Waals surface area contributed by atoms with E-state index in [9.17, 15) is 9.59 Å². The first-order valence-electron chi connectivity index (χ1n) is 13.8. The summed E-state index contributed by atoms with van der Waals surface area (Å²) in [6.07, 6.45) is 0.701. The van der Waals surface area contributed by atoms with Gasteiger partial charge in [0, 0.05) is 22.8 Å². The highest BCUT2D eigenvalue weighted by molar-refractivity contribution is 6.36. The van der Waals surface area contributed by atoms with Crippen LogP contribution in [0.3, 0.4) is 0 Å². The van der Waals surface area contributed by atoms with E-state index in [0.717, 1.165) is 11.3 Å². The van der Waals surface area contributed by atoms with Gasteiger partial charge in [0.2, 0.25) is 0 Å². The number of rotatable bonds is 3. The average molecular weight is 588 g/mol. The van der Waals surface area contributed by atoms with E-state index in [-0.39, 0.29) is 33.9 Å². The molecule has 2 atom stereocenters. The Kier molecular flexibility index (Phi) is 6.44. The van der Waals surface area contributed by atoms with Gasteiger partial charge in [-0.05, 0) is 42.3 Å². The molecule has 0 saturated heterocycles. The average Bonchev–Trinajstić information content (AvgIpc) is 3.68. The Bertz CT molecular complexity index is 1970. The van der Waals surface area contributed by atoms with Gasteiger partial charge in [0.25, 0.3) is 11.1 Å². The molecular weight excluding hydrogens is 555 g/mol. The normalized spacial score (nSPS) is 17.4. The molecule has 0 amide bonds. The molecule has 0 aliphatic heterocycles. The number of halogens is 2. The number of hydrogen-bond donors (Lipinski definition) is 0. The zero-order valence-electron chi connectivity index (χ0n) is 24.0. The predicted octanol–water partition coefficient (Wildman–Crippen LogP) is 7.73. The van der Waals surface area contributed by atoms with Crippen LogP contribution in [-0.4, -0.2) is 19.1 Å². The van der Waals surface area contributed by atoms with Crippen LogP contribution in [0.15, 0.2) is 70.3 Å². The van der Waals surface area contributed by atoms with Crippen LogP contribution >= 0.6 is 23.2 Å². The maximum atomic E-state index is 14.1. The van der Waals surface area contributed by atoms with Crippen molar-refractivity contribution in [1.29, 1.82) is 0 Å². The number of benzene rings is 3. The Morgan fingerprint density at radius 1 is 0.732 bits per heavy atom. The van der Waals surface area contributed by atoms with Gasteiger partial charge in [0.15, 0.2) is 0 Å². The summed E-state index contributed by atoms with van der Waals surface area (Å²) in [4.78, 5) is 37.9. The second kappa shape index (κ2) is 9.53. The maximum absolute atomic E-state index is 14.1. The van der Waals surface area contributed by atoms with Crippen molar-refractivity contribution in [2.24, 2.45) is 0 Å².